The highest BCUT2D eigenvalue weighted by Gasteiger charge is 2.14. The molecule has 2 aromatic carbocycles. The zero-order valence-electron chi connectivity index (χ0n) is 13.5. The number of aryl methyl sites for hydroxylation is 1. The van der Waals surface area contributed by atoms with Crippen molar-refractivity contribution in [1.82, 2.24) is 0 Å². The molecular weight excluding hydrogens is 310 g/mol. The van der Waals surface area contributed by atoms with Gasteiger partial charge in [-0.15, -0.1) is 0 Å². The van der Waals surface area contributed by atoms with E-state index in [1.54, 1.807) is 13.0 Å². The lowest BCUT2D eigenvalue weighted by Crippen LogP contribution is -2.14. The van der Waals surface area contributed by atoms with Crippen molar-refractivity contribution < 1.29 is 24.2 Å². The number of carbonyl (C=O) groups is 2. The van der Waals surface area contributed by atoms with Crippen LogP contribution < -0.4 is 10.1 Å². The van der Waals surface area contributed by atoms with E-state index in [0.29, 0.717) is 5.69 Å². The Bertz CT molecular complexity index is 742. The number of carboxylic acid groups (broad SMARTS) is 1. The second-order valence-electron chi connectivity index (χ2n) is 5.14. The average Bonchev–Trinajstić information content (AvgIpc) is 2.53. The van der Waals surface area contributed by atoms with Gasteiger partial charge in [-0.3, -0.25) is 5.32 Å². The number of carboxylic acids is 1. The van der Waals surface area contributed by atoms with Gasteiger partial charge in [0.05, 0.1) is 6.61 Å². The average molecular weight is 329 g/mol. The predicted molar refractivity (Wildman–Crippen MR) is 89.6 cm³/mol. The number of hydrogen-bond donors (Lipinski definition) is 2. The van der Waals surface area contributed by atoms with Crippen molar-refractivity contribution in [3.63, 3.8) is 0 Å². The van der Waals surface area contributed by atoms with Crippen LogP contribution in [0, 0.1) is 6.92 Å². The van der Waals surface area contributed by atoms with Gasteiger partial charge in [0.15, 0.2) is 0 Å². The Morgan fingerprint density at radius 1 is 1.17 bits per heavy atom. The number of anilines is 1. The molecule has 0 aliphatic carbocycles. The SMILES string of the molecule is CCOC(=O)Nc1ccc(OCc2cccc(C)c2)c(C(=O)O)c1. The van der Waals surface area contributed by atoms with Crippen molar-refractivity contribution in [1.29, 1.82) is 0 Å². The molecule has 6 heteroatoms. The maximum absolute atomic E-state index is 11.4. The number of amides is 1. The van der Waals surface area contributed by atoms with Crippen LogP contribution in [0.5, 0.6) is 5.75 Å². The van der Waals surface area contributed by atoms with E-state index in [1.807, 2.05) is 31.2 Å². The fraction of sp³-hybridized carbons (Fsp3) is 0.222. The molecule has 0 unspecified atom stereocenters. The molecule has 0 heterocycles. The molecule has 0 bridgehead atoms. The summed E-state index contributed by atoms with van der Waals surface area (Å²) >= 11 is 0. The molecule has 0 atom stereocenters. The molecule has 0 spiro atoms. The third-order valence-electron chi connectivity index (χ3n) is 3.21. The van der Waals surface area contributed by atoms with E-state index in [9.17, 15) is 14.7 Å². The lowest BCUT2D eigenvalue weighted by Gasteiger charge is -2.12. The van der Waals surface area contributed by atoms with Crippen molar-refractivity contribution in [3.8, 4) is 5.75 Å². The fourth-order valence-corrected chi connectivity index (χ4v) is 2.15. The summed E-state index contributed by atoms with van der Waals surface area (Å²) in [7, 11) is 0. The summed E-state index contributed by atoms with van der Waals surface area (Å²) in [6.07, 6.45) is -0.637. The van der Waals surface area contributed by atoms with E-state index < -0.39 is 12.1 Å². The van der Waals surface area contributed by atoms with E-state index in [1.165, 1.54) is 12.1 Å². The van der Waals surface area contributed by atoms with Crippen LogP contribution in [0.3, 0.4) is 0 Å². The lowest BCUT2D eigenvalue weighted by atomic mass is 10.1. The highest BCUT2D eigenvalue weighted by Crippen LogP contribution is 2.24. The van der Waals surface area contributed by atoms with Crippen molar-refractivity contribution >= 4 is 17.7 Å². The molecule has 0 saturated carbocycles. The summed E-state index contributed by atoms with van der Waals surface area (Å²) in [6, 6.07) is 12.2. The number of ether oxygens (including phenoxy) is 2. The summed E-state index contributed by atoms with van der Waals surface area (Å²) in [5.41, 5.74) is 2.34. The van der Waals surface area contributed by atoms with E-state index in [0.717, 1.165) is 11.1 Å². The molecule has 0 saturated heterocycles. The smallest absolute Gasteiger partial charge is 0.411 e. The maximum atomic E-state index is 11.4. The van der Waals surface area contributed by atoms with Gasteiger partial charge in [0.2, 0.25) is 0 Å². The molecule has 1 amide bonds. The second kappa shape index (κ2) is 8.01. The predicted octanol–water partition coefficient (Wildman–Crippen LogP) is 3.84. The number of nitrogens with one attached hydrogen (secondary N) is 1. The Morgan fingerprint density at radius 2 is 1.96 bits per heavy atom. The van der Waals surface area contributed by atoms with Crippen LogP contribution in [-0.2, 0) is 11.3 Å². The molecule has 0 radical (unpaired) electrons. The van der Waals surface area contributed by atoms with Gasteiger partial charge >= 0.3 is 12.1 Å². The Labute approximate surface area is 140 Å². The Hall–Kier alpha value is -3.02. The zero-order valence-corrected chi connectivity index (χ0v) is 13.5. The first-order valence-corrected chi connectivity index (χ1v) is 7.49. The van der Waals surface area contributed by atoms with E-state index in [4.69, 9.17) is 9.47 Å². The van der Waals surface area contributed by atoms with Crippen LogP contribution in [0.2, 0.25) is 0 Å². The Kier molecular flexibility index (Phi) is 5.78. The van der Waals surface area contributed by atoms with Gasteiger partial charge < -0.3 is 14.6 Å². The molecule has 24 heavy (non-hydrogen) atoms. The van der Waals surface area contributed by atoms with Crippen LogP contribution in [0.25, 0.3) is 0 Å². The van der Waals surface area contributed by atoms with Crippen LogP contribution in [0.4, 0.5) is 10.5 Å². The molecule has 2 N–H and O–H groups in total. The van der Waals surface area contributed by atoms with Crippen LogP contribution in [0.1, 0.15) is 28.4 Å². The van der Waals surface area contributed by atoms with Gasteiger partial charge in [0, 0.05) is 5.69 Å². The maximum Gasteiger partial charge on any atom is 0.411 e. The van der Waals surface area contributed by atoms with Crippen molar-refractivity contribution in [3.05, 3.63) is 59.2 Å². The topological polar surface area (TPSA) is 84.9 Å². The number of rotatable bonds is 6. The first-order valence-electron chi connectivity index (χ1n) is 7.49. The van der Waals surface area contributed by atoms with Crippen molar-refractivity contribution in [2.75, 3.05) is 11.9 Å². The normalized spacial score (nSPS) is 10.1. The first kappa shape index (κ1) is 17.3. The quantitative estimate of drug-likeness (QED) is 0.841. The molecule has 2 aromatic rings. The van der Waals surface area contributed by atoms with Crippen molar-refractivity contribution in [2.45, 2.75) is 20.5 Å². The first-order chi connectivity index (χ1) is 11.5. The number of benzene rings is 2. The summed E-state index contributed by atoms with van der Waals surface area (Å²) in [5, 5.41) is 11.8. The van der Waals surface area contributed by atoms with Gasteiger partial charge in [-0.1, -0.05) is 29.8 Å². The Balaban J connectivity index is 2.14. The molecule has 126 valence electrons. The van der Waals surface area contributed by atoms with E-state index in [-0.39, 0.29) is 24.5 Å². The zero-order chi connectivity index (χ0) is 17.5. The number of aromatic carboxylic acids is 1. The number of carbonyl (C=O) groups excluding carboxylic acids is 1. The van der Waals surface area contributed by atoms with Crippen LogP contribution in [0.15, 0.2) is 42.5 Å². The monoisotopic (exact) mass is 329 g/mol. The fourth-order valence-electron chi connectivity index (χ4n) is 2.15. The summed E-state index contributed by atoms with van der Waals surface area (Å²) in [4.78, 5) is 22.8. The minimum Gasteiger partial charge on any atom is -0.488 e. The standard InChI is InChI=1S/C18H19NO5/c1-3-23-18(22)19-14-7-8-16(15(10-14)17(20)21)24-11-13-6-4-5-12(2)9-13/h4-10H,3,11H2,1-2H3,(H,19,22)(H,20,21). The molecule has 0 aromatic heterocycles. The minimum atomic E-state index is -1.14. The largest absolute Gasteiger partial charge is 0.488 e. The highest BCUT2D eigenvalue weighted by atomic mass is 16.5. The van der Waals surface area contributed by atoms with E-state index in [2.05, 4.69) is 5.32 Å². The molecule has 0 aliphatic heterocycles. The van der Waals surface area contributed by atoms with Gasteiger partial charge in [0.1, 0.15) is 17.9 Å². The van der Waals surface area contributed by atoms with E-state index >= 15 is 0 Å². The van der Waals surface area contributed by atoms with Gasteiger partial charge in [-0.2, -0.15) is 0 Å². The van der Waals surface area contributed by atoms with Gasteiger partial charge in [0.25, 0.3) is 0 Å². The summed E-state index contributed by atoms with van der Waals surface area (Å²) in [6.45, 7) is 4.15. The Morgan fingerprint density at radius 3 is 2.62 bits per heavy atom. The molecule has 0 fully saturated rings. The number of hydrogen-bond acceptors (Lipinski definition) is 4. The van der Waals surface area contributed by atoms with Crippen LogP contribution in [-0.4, -0.2) is 23.8 Å². The van der Waals surface area contributed by atoms with Crippen LogP contribution >= 0.6 is 0 Å². The minimum absolute atomic E-state index is 0.0306. The lowest BCUT2D eigenvalue weighted by molar-refractivity contribution is 0.0691. The highest BCUT2D eigenvalue weighted by molar-refractivity contribution is 5.94. The molecular formula is C18H19NO5. The van der Waals surface area contributed by atoms with Gasteiger partial charge in [-0.25, -0.2) is 9.59 Å². The molecule has 2 rings (SSSR count). The third-order valence-corrected chi connectivity index (χ3v) is 3.21. The third kappa shape index (κ3) is 4.74. The summed E-state index contributed by atoms with van der Waals surface area (Å²) in [5.74, 6) is -0.903. The molecule has 0 aliphatic rings. The summed E-state index contributed by atoms with van der Waals surface area (Å²) < 4.78 is 10.4. The van der Waals surface area contributed by atoms with Gasteiger partial charge in [-0.05, 0) is 37.6 Å². The molecule has 6 nitrogen and oxygen atoms in total. The second-order valence-corrected chi connectivity index (χ2v) is 5.14. The van der Waals surface area contributed by atoms with Crippen molar-refractivity contribution in [2.24, 2.45) is 0 Å².